The number of nitrogens with one attached hydrogen (secondary N) is 1. The van der Waals surface area contributed by atoms with E-state index in [1.165, 1.54) is 0 Å². The molecule has 0 bridgehead atoms. The van der Waals surface area contributed by atoms with Gasteiger partial charge in [0.1, 0.15) is 5.75 Å². The van der Waals surface area contributed by atoms with Crippen molar-refractivity contribution in [3.8, 4) is 5.75 Å². The highest BCUT2D eigenvalue weighted by Gasteiger charge is 2.34. The lowest BCUT2D eigenvalue weighted by Gasteiger charge is -2.31. The summed E-state index contributed by atoms with van der Waals surface area (Å²) in [4.78, 5) is 14.8. The number of amides is 1. The molecule has 1 aromatic carbocycles. The zero-order valence-electron chi connectivity index (χ0n) is 12.6. The van der Waals surface area contributed by atoms with E-state index in [0.717, 1.165) is 43.9 Å². The first-order valence-corrected chi connectivity index (χ1v) is 7.20. The van der Waals surface area contributed by atoms with Gasteiger partial charge in [0, 0.05) is 19.6 Å². The van der Waals surface area contributed by atoms with E-state index in [2.05, 4.69) is 5.32 Å². The molecule has 1 saturated heterocycles. The summed E-state index contributed by atoms with van der Waals surface area (Å²) >= 11 is 0. The Balaban J connectivity index is 2.20. The maximum absolute atomic E-state index is 12.8. The van der Waals surface area contributed by atoms with Gasteiger partial charge >= 0.3 is 0 Å². The van der Waals surface area contributed by atoms with Crippen molar-refractivity contribution in [2.45, 2.75) is 25.7 Å². The number of methoxy groups -OCH3 is 1. The average Bonchev–Trinajstić information content (AvgIpc) is 2.75. The molecule has 0 atom stereocenters. The lowest BCUT2D eigenvalue weighted by Crippen LogP contribution is -2.44. The summed E-state index contributed by atoms with van der Waals surface area (Å²) in [6.07, 6.45) is 1.01. The second-order valence-corrected chi connectivity index (χ2v) is 5.75. The van der Waals surface area contributed by atoms with Crippen LogP contribution in [-0.2, 0) is 10.2 Å². The molecule has 1 amide bonds. The average molecular weight is 276 g/mol. The van der Waals surface area contributed by atoms with Crippen molar-refractivity contribution in [3.63, 3.8) is 0 Å². The third-order valence-electron chi connectivity index (χ3n) is 3.95. The van der Waals surface area contributed by atoms with Crippen LogP contribution in [0.5, 0.6) is 5.75 Å². The molecular weight excluding hydrogens is 252 g/mol. The van der Waals surface area contributed by atoms with Crippen LogP contribution in [-0.4, -0.2) is 44.1 Å². The fraction of sp³-hybridized carbons (Fsp3) is 0.562. The Labute approximate surface area is 121 Å². The van der Waals surface area contributed by atoms with Crippen LogP contribution in [0.4, 0.5) is 0 Å². The zero-order valence-corrected chi connectivity index (χ0v) is 12.6. The van der Waals surface area contributed by atoms with E-state index in [-0.39, 0.29) is 5.91 Å². The summed E-state index contributed by atoms with van der Waals surface area (Å²) in [6.45, 7) is 7.46. The van der Waals surface area contributed by atoms with Gasteiger partial charge in [0.2, 0.25) is 5.91 Å². The van der Waals surface area contributed by atoms with Gasteiger partial charge in [-0.05, 0) is 44.5 Å². The maximum atomic E-state index is 12.8. The summed E-state index contributed by atoms with van der Waals surface area (Å²) in [6, 6.07) is 7.79. The van der Waals surface area contributed by atoms with E-state index in [1.54, 1.807) is 7.11 Å². The summed E-state index contributed by atoms with van der Waals surface area (Å²) < 4.78 is 5.26. The van der Waals surface area contributed by atoms with Crippen LogP contribution >= 0.6 is 0 Å². The molecule has 1 fully saturated rings. The predicted octanol–water partition coefficient (Wildman–Crippen LogP) is 1.79. The van der Waals surface area contributed by atoms with Crippen molar-refractivity contribution in [1.29, 1.82) is 0 Å². The number of benzene rings is 1. The molecule has 0 spiro atoms. The molecule has 0 radical (unpaired) electrons. The third kappa shape index (κ3) is 3.12. The van der Waals surface area contributed by atoms with Gasteiger partial charge in [-0.2, -0.15) is 0 Å². The molecule has 1 aliphatic heterocycles. The van der Waals surface area contributed by atoms with Crippen molar-refractivity contribution < 1.29 is 9.53 Å². The normalized spacial score (nSPS) is 16.6. The molecule has 1 heterocycles. The minimum Gasteiger partial charge on any atom is -0.497 e. The first-order valence-electron chi connectivity index (χ1n) is 7.20. The third-order valence-corrected chi connectivity index (χ3v) is 3.95. The molecule has 1 aromatic rings. The van der Waals surface area contributed by atoms with E-state index < -0.39 is 5.41 Å². The smallest absolute Gasteiger partial charge is 0.232 e. The second-order valence-electron chi connectivity index (χ2n) is 5.75. The van der Waals surface area contributed by atoms with Crippen molar-refractivity contribution in [1.82, 2.24) is 10.2 Å². The Bertz CT molecular complexity index is 463. The molecular formula is C16H24N2O2. The van der Waals surface area contributed by atoms with Gasteiger partial charge in [0.25, 0.3) is 0 Å². The van der Waals surface area contributed by atoms with E-state index >= 15 is 0 Å². The Kier molecular flexibility index (Phi) is 4.65. The van der Waals surface area contributed by atoms with Crippen molar-refractivity contribution >= 4 is 5.91 Å². The quantitative estimate of drug-likeness (QED) is 0.915. The number of rotatable bonds is 3. The molecule has 110 valence electrons. The minimum absolute atomic E-state index is 0.189. The van der Waals surface area contributed by atoms with Crippen LogP contribution in [0.1, 0.15) is 25.8 Å². The molecule has 0 aromatic heterocycles. The van der Waals surface area contributed by atoms with Gasteiger partial charge in [-0.1, -0.05) is 12.1 Å². The standard InChI is InChI=1S/C16H24N2O2/c1-16(2,13-6-4-7-14(12-13)20-3)15(19)18-10-5-8-17-9-11-18/h4,6-7,12,17H,5,8-11H2,1-3H3. The van der Waals surface area contributed by atoms with Crippen molar-refractivity contribution in [2.24, 2.45) is 0 Å². The summed E-state index contributed by atoms with van der Waals surface area (Å²) in [5.74, 6) is 0.982. The Morgan fingerprint density at radius 3 is 2.85 bits per heavy atom. The number of hydrogen-bond donors (Lipinski definition) is 1. The highest BCUT2D eigenvalue weighted by atomic mass is 16.5. The van der Waals surface area contributed by atoms with Gasteiger partial charge in [-0.3, -0.25) is 4.79 Å². The second kappa shape index (κ2) is 6.27. The van der Waals surface area contributed by atoms with Crippen LogP contribution in [0.3, 0.4) is 0 Å². The van der Waals surface area contributed by atoms with Gasteiger partial charge in [-0.25, -0.2) is 0 Å². The number of carbonyl (C=O) groups excluding carboxylic acids is 1. The van der Waals surface area contributed by atoms with E-state index in [4.69, 9.17) is 4.74 Å². The molecule has 0 saturated carbocycles. The van der Waals surface area contributed by atoms with Gasteiger partial charge in [-0.15, -0.1) is 0 Å². The predicted molar refractivity (Wildman–Crippen MR) is 80.1 cm³/mol. The first kappa shape index (κ1) is 14.9. The Hall–Kier alpha value is -1.55. The van der Waals surface area contributed by atoms with Crippen LogP contribution in [0.25, 0.3) is 0 Å². The molecule has 0 unspecified atom stereocenters. The fourth-order valence-corrected chi connectivity index (χ4v) is 2.58. The summed E-state index contributed by atoms with van der Waals surface area (Å²) in [7, 11) is 1.65. The largest absolute Gasteiger partial charge is 0.497 e. The molecule has 2 rings (SSSR count). The Morgan fingerprint density at radius 1 is 1.30 bits per heavy atom. The number of hydrogen-bond acceptors (Lipinski definition) is 3. The van der Waals surface area contributed by atoms with Crippen LogP contribution in [0.15, 0.2) is 24.3 Å². The van der Waals surface area contributed by atoms with E-state index in [1.807, 2.05) is 43.0 Å². The minimum atomic E-state index is -0.529. The van der Waals surface area contributed by atoms with Gasteiger partial charge in [0.05, 0.1) is 12.5 Å². The lowest BCUT2D eigenvalue weighted by molar-refractivity contribution is -0.136. The topological polar surface area (TPSA) is 41.6 Å². The van der Waals surface area contributed by atoms with Crippen LogP contribution < -0.4 is 10.1 Å². The summed E-state index contributed by atoms with van der Waals surface area (Å²) in [5, 5.41) is 3.33. The monoisotopic (exact) mass is 276 g/mol. The molecule has 4 nitrogen and oxygen atoms in total. The highest BCUT2D eigenvalue weighted by Crippen LogP contribution is 2.28. The maximum Gasteiger partial charge on any atom is 0.232 e. The molecule has 0 aliphatic carbocycles. The zero-order chi connectivity index (χ0) is 14.6. The summed E-state index contributed by atoms with van der Waals surface area (Å²) in [5.41, 5.74) is 0.470. The van der Waals surface area contributed by atoms with Crippen molar-refractivity contribution in [3.05, 3.63) is 29.8 Å². The lowest BCUT2D eigenvalue weighted by atomic mass is 9.83. The van der Waals surface area contributed by atoms with E-state index in [0.29, 0.717) is 0 Å². The Morgan fingerprint density at radius 2 is 2.10 bits per heavy atom. The van der Waals surface area contributed by atoms with Crippen LogP contribution in [0.2, 0.25) is 0 Å². The van der Waals surface area contributed by atoms with Crippen molar-refractivity contribution in [2.75, 3.05) is 33.3 Å². The van der Waals surface area contributed by atoms with Gasteiger partial charge in [0.15, 0.2) is 0 Å². The first-order chi connectivity index (χ1) is 9.55. The van der Waals surface area contributed by atoms with Crippen LogP contribution in [0, 0.1) is 0 Å². The number of nitrogens with zero attached hydrogens (tertiary/aromatic N) is 1. The number of carbonyl (C=O) groups is 1. The van der Waals surface area contributed by atoms with E-state index in [9.17, 15) is 4.79 Å². The van der Waals surface area contributed by atoms with Gasteiger partial charge < -0.3 is 15.0 Å². The highest BCUT2D eigenvalue weighted by molar-refractivity contribution is 5.87. The molecule has 20 heavy (non-hydrogen) atoms. The molecule has 4 heteroatoms. The SMILES string of the molecule is COc1cccc(C(C)(C)C(=O)N2CCCNCC2)c1. The number of ether oxygens (including phenoxy) is 1. The molecule has 1 aliphatic rings. The molecule has 1 N–H and O–H groups in total. The fourth-order valence-electron chi connectivity index (χ4n) is 2.58.